The monoisotopic (exact) mass is 1580 g/mol. The van der Waals surface area contributed by atoms with Crippen LogP contribution in [0.4, 0.5) is 34.1 Å². The Morgan fingerprint density at radius 3 is 0.733 bits per heavy atom. The number of thiophene rings is 3. The molecule has 0 radical (unpaired) electrons. The van der Waals surface area contributed by atoms with Crippen molar-refractivity contribution in [3.8, 4) is 94.7 Å². The number of anilines is 6. The fourth-order valence-corrected chi connectivity index (χ4v) is 20.8. The zero-order valence-corrected chi connectivity index (χ0v) is 67.8. The van der Waals surface area contributed by atoms with Crippen molar-refractivity contribution in [1.82, 2.24) is 4.57 Å². The summed E-state index contributed by atoms with van der Waals surface area (Å²) in [6.07, 6.45) is 0. The van der Waals surface area contributed by atoms with E-state index in [-0.39, 0.29) is 0 Å². The summed E-state index contributed by atoms with van der Waals surface area (Å²) in [4.78, 5) is 4.73. The van der Waals surface area contributed by atoms with E-state index in [4.69, 9.17) is 0 Å². The van der Waals surface area contributed by atoms with Gasteiger partial charge in [0.2, 0.25) is 0 Å². The van der Waals surface area contributed by atoms with Crippen LogP contribution in [0.2, 0.25) is 0 Å². The summed E-state index contributed by atoms with van der Waals surface area (Å²) in [5, 5.41) is 10.4. The minimum Gasteiger partial charge on any atom is -0.310 e. The molecular weight excluding hydrogens is 1510 g/mol. The molecule has 23 aromatic rings. The first kappa shape index (κ1) is 71.8. The maximum Gasteiger partial charge on any atom is 0.0541 e. The Morgan fingerprint density at radius 1 is 0.142 bits per heavy atom. The van der Waals surface area contributed by atoms with Crippen molar-refractivity contribution in [3.63, 3.8) is 0 Å². The standard InChI is InChI=1S/C60H40N2S.C54H35NS2/c1-3-14-41(15-4-1)43-26-31-49(32-27-43)61(50-33-28-44(29-34-50)42-16-5-2-6-17-42)51-19-13-18-45(37-51)47-36-48(46-30-35-60-56(40-46)55-22-9-12-25-59(55)63-60)39-52(38-47)62-57-23-10-7-20-53(57)54-21-8-11-24-58(54)62;1-3-12-36(13-4-1)37-22-26-45(27-23-37)55(44-15-5-2-6-16-44)46-17-11-14-38(33-46)41-30-42(39-24-28-53-49(34-39)47-18-7-9-20-51(47)56-53)32-43(31-41)40-25-29-54-50(35-40)48-19-8-10-21-52(48)57-54/h1-40H;1-35H. The van der Waals surface area contributed by atoms with Crippen LogP contribution in [0.15, 0.2) is 455 Å². The van der Waals surface area contributed by atoms with Gasteiger partial charge in [-0.25, -0.2) is 0 Å². The van der Waals surface area contributed by atoms with E-state index >= 15 is 0 Å². The molecule has 564 valence electrons. The van der Waals surface area contributed by atoms with E-state index in [1.807, 2.05) is 34.0 Å². The third-order valence-corrected chi connectivity index (χ3v) is 26.9. The van der Waals surface area contributed by atoms with Crippen LogP contribution in [0.3, 0.4) is 0 Å². The molecule has 120 heavy (non-hydrogen) atoms. The molecule has 4 aromatic heterocycles. The fourth-order valence-electron chi connectivity index (χ4n) is 17.5. The molecule has 6 heteroatoms. The second-order valence-corrected chi connectivity index (χ2v) is 34.0. The van der Waals surface area contributed by atoms with E-state index in [2.05, 4.69) is 469 Å². The Morgan fingerprint density at radius 2 is 0.383 bits per heavy atom. The largest absolute Gasteiger partial charge is 0.310 e. The van der Waals surface area contributed by atoms with Gasteiger partial charge in [0, 0.05) is 111 Å². The smallest absolute Gasteiger partial charge is 0.0541 e. The van der Waals surface area contributed by atoms with E-state index < -0.39 is 0 Å². The van der Waals surface area contributed by atoms with Gasteiger partial charge in [-0.2, -0.15) is 0 Å². The Labute approximate surface area is 709 Å². The average molecular weight is 1580 g/mol. The number of aromatic nitrogens is 1. The lowest BCUT2D eigenvalue weighted by atomic mass is 9.92. The van der Waals surface area contributed by atoms with Gasteiger partial charge < -0.3 is 14.4 Å². The molecule has 0 amide bonds. The first-order valence-electron chi connectivity index (χ1n) is 40.8. The number of rotatable bonds is 15. The number of fused-ring (bicyclic) bond motifs is 12. The molecule has 19 aromatic carbocycles. The summed E-state index contributed by atoms with van der Waals surface area (Å²) < 4.78 is 10.3. The second-order valence-electron chi connectivity index (χ2n) is 30.7. The van der Waals surface area contributed by atoms with Crippen LogP contribution in [0.25, 0.3) is 177 Å². The van der Waals surface area contributed by atoms with Crippen LogP contribution in [0.5, 0.6) is 0 Å². The normalized spacial score (nSPS) is 11.5. The second kappa shape index (κ2) is 31.0. The molecule has 0 bridgehead atoms. The van der Waals surface area contributed by atoms with E-state index in [0.29, 0.717) is 0 Å². The molecule has 0 aliphatic heterocycles. The zero-order valence-electron chi connectivity index (χ0n) is 65.4. The Hall–Kier alpha value is -14.8. The van der Waals surface area contributed by atoms with Gasteiger partial charge in [-0.1, -0.05) is 279 Å². The fraction of sp³-hybridized carbons (Fsp3) is 0. The molecule has 0 atom stereocenters. The van der Waals surface area contributed by atoms with Crippen molar-refractivity contribution in [1.29, 1.82) is 0 Å². The van der Waals surface area contributed by atoms with Crippen molar-refractivity contribution in [2.45, 2.75) is 0 Å². The van der Waals surface area contributed by atoms with Crippen LogP contribution in [0, 0.1) is 0 Å². The first-order valence-corrected chi connectivity index (χ1v) is 43.3. The van der Waals surface area contributed by atoms with Crippen LogP contribution in [0.1, 0.15) is 0 Å². The number of hydrogen-bond donors (Lipinski definition) is 0. The maximum absolute atomic E-state index is 2.44. The summed E-state index contributed by atoms with van der Waals surface area (Å²) in [5.74, 6) is 0. The van der Waals surface area contributed by atoms with E-state index in [9.17, 15) is 0 Å². The van der Waals surface area contributed by atoms with E-state index in [1.165, 1.54) is 160 Å². The van der Waals surface area contributed by atoms with Gasteiger partial charge in [0.1, 0.15) is 0 Å². The highest BCUT2D eigenvalue weighted by Crippen LogP contribution is 2.47. The van der Waals surface area contributed by atoms with Gasteiger partial charge in [-0.15, -0.1) is 34.0 Å². The zero-order chi connectivity index (χ0) is 79.4. The lowest BCUT2D eigenvalue weighted by Crippen LogP contribution is -2.10. The Kier molecular flexibility index (Phi) is 18.6. The molecule has 23 rings (SSSR count). The van der Waals surface area contributed by atoms with Gasteiger partial charge in [0.15, 0.2) is 0 Å². The summed E-state index contributed by atoms with van der Waals surface area (Å²) in [6.45, 7) is 0. The summed E-state index contributed by atoms with van der Waals surface area (Å²) >= 11 is 5.59. The topological polar surface area (TPSA) is 11.4 Å². The van der Waals surface area contributed by atoms with Crippen molar-refractivity contribution < 1.29 is 0 Å². The van der Waals surface area contributed by atoms with E-state index in [0.717, 1.165) is 50.9 Å². The SMILES string of the molecule is c1ccc(-c2ccc(N(c3ccc(-c4ccccc4)cc3)c3cccc(-c4cc(-c5ccc6sc7ccccc7c6c5)cc(-n5c6ccccc6c6ccccc65)c4)c3)cc2)cc1.c1ccc(-c2ccc(N(c3ccccc3)c3cccc(-c4cc(-c5ccc6sc7ccccc7c6c5)cc(-c5ccc6sc7ccccc7c6c5)c4)c3)cc2)cc1. The third kappa shape index (κ3) is 13.6. The Bertz CT molecular complexity index is 7490. The predicted octanol–water partition coefficient (Wildman–Crippen LogP) is 33.8. The lowest BCUT2D eigenvalue weighted by molar-refractivity contribution is 1.18. The summed E-state index contributed by atoms with van der Waals surface area (Å²) in [6, 6.07) is 166. The number of hydrogen-bond acceptors (Lipinski definition) is 5. The predicted molar refractivity (Wildman–Crippen MR) is 519 cm³/mol. The first-order chi connectivity index (χ1) is 59.4. The van der Waals surface area contributed by atoms with Crippen molar-refractivity contribution >= 4 is 150 Å². The molecule has 3 nitrogen and oxygen atoms in total. The average Bonchev–Trinajstić information content (AvgIpc) is 1.47. The molecule has 0 spiro atoms. The number of nitrogens with zero attached hydrogens (tertiary/aromatic N) is 3. The summed E-state index contributed by atoms with van der Waals surface area (Å²) in [5.41, 5.74) is 29.2. The highest BCUT2D eigenvalue weighted by Gasteiger charge is 2.22. The van der Waals surface area contributed by atoms with Crippen LogP contribution < -0.4 is 9.80 Å². The quantitative estimate of drug-likeness (QED) is 0.101. The van der Waals surface area contributed by atoms with Crippen molar-refractivity contribution in [2.75, 3.05) is 9.80 Å². The maximum atomic E-state index is 2.44. The molecule has 4 heterocycles. The molecule has 0 fully saturated rings. The molecule has 0 N–H and O–H groups in total. The van der Waals surface area contributed by atoms with Crippen LogP contribution in [-0.4, -0.2) is 4.57 Å². The molecule has 0 saturated heterocycles. The third-order valence-electron chi connectivity index (χ3n) is 23.4. The Balaban J connectivity index is 0.000000145. The number of para-hydroxylation sites is 3. The van der Waals surface area contributed by atoms with Crippen molar-refractivity contribution in [2.24, 2.45) is 0 Å². The van der Waals surface area contributed by atoms with Crippen LogP contribution in [-0.2, 0) is 0 Å². The molecule has 0 unspecified atom stereocenters. The molecule has 0 aliphatic rings. The van der Waals surface area contributed by atoms with Crippen molar-refractivity contribution in [3.05, 3.63) is 455 Å². The molecule has 0 aliphatic carbocycles. The van der Waals surface area contributed by atoms with Gasteiger partial charge in [-0.3, -0.25) is 0 Å². The van der Waals surface area contributed by atoms with Gasteiger partial charge in [0.05, 0.1) is 11.0 Å². The van der Waals surface area contributed by atoms with Gasteiger partial charge in [0.25, 0.3) is 0 Å². The van der Waals surface area contributed by atoms with E-state index in [1.54, 1.807) is 0 Å². The van der Waals surface area contributed by atoms with Gasteiger partial charge in [-0.05, 0) is 265 Å². The lowest BCUT2D eigenvalue weighted by Gasteiger charge is -2.26. The van der Waals surface area contributed by atoms with Gasteiger partial charge >= 0.3 is 0 Å². The minimum atomic E-state index is 1.09. The summed E-state index contributed by atoms with van der Waals surface area (Å²) in [7, 11) is 0. The highest BCUT2D eigenvalue weighted by atomic mass is 32.1. The minimum absolute atomic E-state index is 1.09. The van der Waals surface area contributed by atoms with Crippen LogP contribution >= 0.6 is 34.0 Å². The molecular formula is C114H75N3S3. The molecule has 0 saturated carbocycles. The highest BCUT2D eigenvalue weighted by molar-refractivity contribution is 7.26. The number of benzene rings is 19.